The van der Waals surface area contributed by atoms with Crippen LogP contribution < -0.4 is 5.32 Å². The zero-order valence-electron chi connectivity index (χ0n) is 19.0. The lowest BCUT2D eigenvalue weighted by atomic mass is 10.0. The van der Waals surface area contributed by atoms with Crippen LogP contribution in [-0.4, -0.2) is 21.6 Å². The third-order valence-electron chi connectivity index (χ3n) is 6.13. The topological polar surface area (TPSA) is 71.3 Å². The molecule has 172 valence electrons. The van der Waals surface area contributed by atoms with Crippen LogP contribution in [0.5, 0.6) is 0 Å². The van der Waals surface area contributed by atoms with Gasteiger partial charge in [0.15, 0.2) is 0 Å². The van der Waals surface area contributed by atoms with Gasteiger partial charge < -0.3 is 15.0 Å². The summed E-state index contributed by atoms with van der Waals surface area (Å²) >= 11 is 0. The molecule has 1 amide bonds. The molecule has 0 fully saturated rings. The van der Waals surface area contributed by atoms with Gasteiger partial charge in [0.1, 0.15) is 0 Å². The van der Waals surface area contributed by atoms with E-state index in [2.05, 4.69) is 5.32 Å². The largest absolute Gasteiger partial charge is 0.478 e. The highest BCUT2D eigenvalue weighted by Gasteiger charge is 2.11. The first-order chi connectivity index (χ1) is 17.1. The number of fused-ring (bicyclic) bond motifs is 1. The minimum absolute atomic E-state index is 0.118. The van der Waals surface area contributed by atoms with Gasteiger partial charge in [0.2, 0.25) is 0 Å². The second-order valence-corrected chi connectivity index (χ2v) is 8.43. The predicted molar refractivity (Wildman–Crippen MR) is 137 cm³/mol. The summed E-state index contributed by atoms with van der Waals surface area (Å²) < 4.78 is 2.04. The van der Waals surface area contributed by atoms with Crippen LogP contribution >= 0.6 is 0 Å². The van der Waals surface area contributed by atoms with Crippen molar-refractivity contribution in [3.8, 4) is 11.1 Å². The summed E-state index contributed by atoms with van der Waals surface area (Å²) in [6.45, 7) is 0.892. The molecule has 0 unspecified atom stereocenters. The van der Waals surface area contributed by atoms with Gasteiger partial charge in [-0.15, -0.1) is 0 Å². The molecule has 0 atom stereocenters. The van der Waals surface area contributed by atoms with E-state index in [4.69, 9.17) is 0 Å². The maximum Gasteiger partial charge on any atom is 0.336 e. The Kier molecular flexibility index (Phi) is 6.14. The predicted octanol–water partition coefficient (Wildman–Crippen LogP) is 5.98. The zero-order chi connectivity index (χ0) is 24.2. The number of carbonyl (C=O) groups excluding carboxylic acids is 1. The van der Waals surface area contributed by atoms with Crippen molar-refractivity contribution in [1.82, 2.24) is 9.88 Å². The molecular weight excluding hydrogens is 436 g/mol. The number of benzene rings is 4. The molecule has 35 heavy (non-hydrogen) atoms. The molecule has 5 rings (SSSR count). The van der Waals surface area contributed by atoms with Crippen LogP contribution in [0.4, 0.5) is 0 Å². The molecule has 0 spiro atoms. The number of carboxylic acid groups (broad SMARTS) is 1. The summed E-state index contributed by atoms with van der Waals surface area (Å²) in [5, 5.41) is 13.5. The molecule has 5 nitrogen and oxygen atoms in total. The number of rotatable bonds is 7. The first kappa shape index (κ1) is 22.2. The van der Waals surface area contributed by atoms with Gasteiger partial charge in [0.25, 0.3) is 5.91 Å². The Bertz CT molecular complexity index is 1500. The molecule has 0 radical (unpaired) electrons. The lowest BCUT2D eigenvalue weighted by molar-refractivity contribution is 0.0695. The Labute approximate surface area is 203 Å². The molecule has 5 heteroatoms. The molecule has 0 saturated heterocycles. The van der Waals surface area contributed by atoms with Gasteiger partial charge in [0.05, 0.1) is 5.56 Å². The van der Waals surface area contributed by atoms with Crippen molar-refractivity contribution >= 4 is 22.8 Å². The van der Waals surface area contributed by atoms with Gasteiger partial charge >= 0.3 is 5.97 Å². The SMILES string of the molecule is O=C(NCc1ccc2c(ccn2Cc2ccccc2C(=O)O)c1)c1ccc(-c2ccccc2)cc1. The Morgan fingerprint density at radius 2 is 1.49 bits per heavy atom. The first-order valence-corrected chi connectivity index (χ1v) is 11.4. The maximum absolute atomic E-state index is 12.7. The molecule has 4 aromatic carbocycles. The number of nitrogens with zero attached hydrogens (tertiary/aromatic N) is 1. The minimum atomic E-state index is -0.926. The van der Waals surface area contributed by atoms with Crippen molar-refractivity contribution in [1.29, 1.82) is 0 Å². The third kappa shape index (κ3) is 4.84. The summed E-state index contributed by atoms with van der Waals surface area (Å²) in [6, 6.07) is 32.8. The Balaban J connectivity index is 1.26. The molecule has 0 aliphatic rings. The number of nitrogens with one attached hydrogen (secondary N) is 1. The standard InChI is InChI=1S/C30H24N2O3/c33-29(24-13-11-23(12-14-24)22-6-2-1-3-7-22)31-19-21-10-15-28-25(18-21)16-17-32(28)20-26-8-4-5-9-27(26)30(34)35/h1-18H,19-20H2,(H,31,33)(H,34,35). The van der Waals surface area contributed by atoms with Gasteiger partial charge in [-0.1, -0.05) is 66.7 Å². The molecule has 0 aliphatic heterocycles. The smallest absolute Gasteiger partial charge is 0.336 e. The molecule has 1 heterocycles. The van der Waals surface area contributed by atoms with Crippen molar-refractivity contribution in [2.24, 2.45) is 0 Å². The third-order valence-corrected chi connectivity index (χ3v) is 6.13. The van der Waals surface area contributed by atoms with E-state index in [1.807, 2.05) is 102 Å². The van der Waals surface area contributed by atoms with E-state index in [1.54, 1.807) is 12.1 Å². The minimum Gasteiger partial charge on any atom is -0.478 e. The van der Waals surface area contributed by atoms with Gasteiger partial charge in [0, 0.05) is 30.4 Å². The Morgan fingerprint density at radius 1 is 0.771 bits per heavy atom. The zero-order valence-corrected chi connectivity index (χ0v) is 19.0. The number of carboxylic acids is 1. The average molecular weight is 461 g/mol. The van der Waals surface area contributed by atoms with Crippen LogP contribution in [0.1, 0.15) is 31.8 Å². The first-order valence-electron chi connectivity index (χ1n) is 11.4. The quantitative estimate of drug-likeness (QED) is 0.314. The van der Waals surface area contributed by atoms with E-state index in [0.29, 0.717) is 24.2 Å². The number of aromatic nitrogens is 1. The molecular formula is C30H24N2O3. The van der Waals surface area contributed by atoms with Gasteiger partial charge in [-0.25, -0.2) is 4.79 Å². The van der Waals surface area contributed by atoms with Crippen LogP contribution in [0.2, 0.25) is 0 Å². The van der Waals surface area contributed by atoms with Crippen molar-refractivity contribution < 1.29 is 14.7 Å². The van der Waals surface area contributed by atoms with E-state index in [9.17, 15) is 14.7 Å². The van der Waals surface area contributed by atoms with Crippen LogP contribution in [0.3, 0.4) is 0 Å². The van der Waals surface area contributed by atoms with E-state index in [1.165, 1.54) is 0 Å². The van der Waals surface area contributed by atoms with E-state index < -0.39 is 5.97 Å². The van der Waals surface area contributed by atoms with E-state index >= 15 is 0 Å². The lowest BCUT2D eigenvalue weighted by Gasteiger charge is -2.10. The van der Waals surface area contributed by atoms with E-state index in [0.717, 1.165) is 33.2 Å². The maximum atomic E-state index is 12.7. The molecule has 0 saturated carbocycles. The average Bonchev–Trinajstić information content (AvgIpc) is 3.30. The van der Waals surface area contributed by atoms with Gasteiger partial charge in [-0.3, -0.25) is 4.79 Å². The summed E-state index contributed by atoms with van der Waals surface area (Å²) in [4.78, 5) is 24.2. The summed E-state index contributed by atoms with van der Waals surface area (Å²) in [5.41, 5.74) is 5.88. The van der Waals surface area contributed by atoms with Crippen molar-refractivity contribution in [3.63, 3.8) is 0 Å². The van der Waals surface area contributed by atoms with Crippen LogP contribution in [0.25, 0.3) is 22.0 Å². The molecule has 1 aromatic heterocycles. The van der Waals surface area contributed by atoms with Crippen molar-refractivity contribution in [2.75, 3.05) is 0 Å². The van der Waals surface area contributed by atoms with Gasteiger partial charge in [-0.2, -0.15) is 0 Å². The number of carbonyl (C=O) groups is 2. The molecule has 0 aliphatic carbocycles. The van der Waals surface area contributed by atoms with Crippen LogP contribution in [0.15, 0.2) is 109 Å². The molecule has 2 N–H and O–H groups in total. The second-order valence-electron chi connectivity index (χ2n) is 8.43. The lowest BCUT2D eigenvalue weighted by Crippen LogP contribution is -2.22. The monoisotopic (exact) mass is 460 g/mol. The second kappa shape index (κ2) is 9.69. The summed E-state index contributed by atoms with van der Waals surface area (Å²) in [5.74, 6) is -1.04. The fourth-order valence-electron chi connectivity index (χ4n) is 4.28. The Hall–Kier alpha value is -4.64. The molecule has 0 bridgehead atoms. The fraction of sp³-hybridized carbons (Fsp3) is 0.0667. The number of amides is 1. The van der Waals surface area contributed by atoms with Crippen LogP contribution in [-0.2, 0) is 13.1 Å². The van der Waals surface area contributed by atoms with Crippen molar-refractivity contribution in [3.05, 3.63) is 132 Å². The molecule has 5 aromatic rings. The number of aromatic carboxylic acids is 1. The van der Waals surface area contributed by atoms with Crippen molar-refractivity contribution in [2.45, 2.75) is 13.1 Å². The summed E-state index contributed by atoms with van der Waals surface area (Å²) in [7, 11) is 0. The highest BCUT2D eigenvalue weighted by molar-refractivity contribution is 5.94. The Morgan fingerprint density at radius 3 is 2.26 bits per heavy atom. The number of hydrogen-bond donors (Lipinski definition) is 2. The highest BCUT2D eigenvalue weighted by atomic mass is 16.4. The number of hydrogen-bond acceptors (Lipinski definition) is 2. The van der Waals surface area contributed by atoms with Gasteiger partial charge in [-0.05, 0) is 64.0 Å². The van der Waals surface area contributed by atoms with E-state index in [-0.39, 0.29) is 5.91 Å². The normalized spacial score (nSPS) is 10.9. The summed E-state index contributed by atoms with van der Waals surface area (Å²) in [6.07, 6.45) is 1.96. The highest BCUT2D eigenvalue weighted by Crippen LogP contribution is 2.21. The van der Waals surface area contributed by atoms with Crippen LogP contribution in [0, 0.1) is 0 Å². The fourth-order valence-corrected chi connectivity index (χ4v) is 4.28.